The highest BCUT2D eigenvalue weighted by Gasteiger charge is 2.24. The highest BCUT2D eigenvalue weighted by Crippen LogP contribution is 2.35. The number of para-hydroxylation sites is 1. The molecular formula is C20H12Cl2N2O2S. The second-order valence-corrected chi connectivity index (χ2v) is 7.42. The summed E-state index contributed by atoms with van der Waals surface area (Å²) in [5.41, 5.74) is 1.47. The van der Waals surface area contributed by atoms with E-state index in [4.69, 9.17) is 27.6 Å². The van der Waals surface area contributed by atoms with Gasteiger partial charge in [-0.05, 0) is 54.2 Å². The van der Waals surface area contributed by atoms with Crippen molar-refractivity contribution in [3.05, 3.63) is 81.4 Å². The Morgan fingerprint density at radius 2 is 1.81 bits per heavy atom. The number of furan rings is 1. The summed E-state index contributed by atoms with van der Waals surface area (Å²) in [5.74, 6) is 1.67. The standard InChI is InChI=1S/C20H12Cl2N2O2S/c21-15-8-4-7-14(18(15)22)16-10-9-13(26-16)11-17-19(24-20(25)27-17)23-12-5-2-1-3-6-12/h1-11H,(H,23,24,25)/b17-11-. The van der Waals surface area contributed by atoms with E-state index >= 15 is 0 Å². The number of amides is 1. The molecular weight excluding hydrogens is 403 g/mol. The Morgan fingerprint density at radius 1 is 1.00 bits per heavy atom. The van der Waals surface area contributed by atoms with Gasteiger partial charge in [-0.1, -0.05) is 47.5 Å². The first-order valence-corrected chi connectivity index (χ1v) is 9.56. The predicted octanol–water partition coefficient (Wildman–Crippen LogP) is 6.78. The molecule has 1 aliphatic rings. The molecule has 7 heteroatoms. The number of nitrogens with zero attached hydrogens (tertiary/aromatic N) is 1. The lowest BCUT2D eigenvalue weighted by atomic mass is 10.2. The highest BCUT2D eigenvalue weighted by atomic mass is 35.5. The molecule has 4 nitrogen and oxygen atoms in total. The van der Waals surface area contributed by atoms with Gasteiger partial charge in [0.25, 0.3) is 5.24 Å². The topological polar surface area (TPSA) is 54.6 Å². The summed E-state index contributed by atoms with van der Waals surface area (Å²) >= 11 is 13.4. The van der Waals surface area contributed by atoms with Crippen LogP contribution in [0.1, 0.15) is 5.76 Å². The van der Waals surface area contributed by atoms with E-state index in [2.05, 4.69) is 10.3 Å². The third kappa shape index (κ3) is 3.95. The van der Waals surface area contributed by atoms with E-state index in [-0.39, 0.29) is 5.24 Å². The minimum absolute atomic E-state index is 0.180. The largest absolute Gasteiger partial charge is 0.457 e. The molecule has 1 aromatic heterocycles. The molecule has 0 atom stereocenters. The van der Waals surface area contributed by atoms with Gasteiger partial charge in [0, 0.05) is 5.56 Å². The van der Waals surface area contributed by atoms with Crippen LogP contribution in [0.2, 0.25) is 10.0 Å². The first kappa shape index (κ1) is 17.9. The van der Waals surface area contributed by atoms with Crippen molar-refractivity contribution in [3.8, 4) is 11.3 Å². The maximum atomic E-state index is 11.8. The summed E-state index contributed by atoms with van der Waals surface area (Å²) in [6, 6.07) is 18.4. The lowest BCUT2D eigenvalue weighted by Gasteiger charge is -2.02. The second kappa shape index (κ2) is 7.64. The number of hydrogen-bond donors (Lipinski definition) is 1. The summed E-state index contributed by atoms with van der Waals surface area (Å²) in [7, 11) is 0. The van der Waals surface area contributed by atoms with Gasteiger partial charge >= 0.3 is 0 Å². The van der Waals surface area contributed by atoms with E-state index in [0.717, 1.165) is 17.4 Å². The Kier molecular flexibility index (Phi) is 5.07. The monoisotopic (exact) mass is 414 g/mol. The van der Waals surface area contributed by atoms with Crippen LogP contribution in [0.15, 0.2) is 75.0 Å². The van der Waals surface area contributed by atoms with Gasteiger partial charge in [-0.25, -0.2) is 4.99 Å². The van der Waals surface area contributed by atoms with Crippen LogP contribution >= 0.6 is 35.0 Å². The van der Waals surface area contributed by atoms with Crippen molar-refractivity contribution in [2.45, 2.75) is 0 Å². The molecule has 0 unspecified atom stereocenters. The van der Waals surface area contributed by atoms with Crippen LogP contribution < -0.4 is 5.32 Å². The summed E-state index contributed by atoms with van der Waals surface area (Å²) < 4.78 is 5.87. The van der Waals surface area contributed by atoms with E-state index in [9.17, 15) is 4.79 Å². The Hall–Kier alpha value is -2.47. The van der Waals surface area contributed by atoms with Crippen LogP contribution in [-0.2, 0) is 0 Å². The third-order valence-electron chi connectivity index (χ3n) is 3.77. The van der Waals surface area contributed by atoms with E-state index in [1.54, 1.807) is 12.1 Å². The van der Waals surface area contributed by atoms with Crippen LogP contribution in [0.3, 0.4) is 0 Å². The van der Waals surface area contributed by atoms with E-state index in [1.165, 1.54) is 0 Å². The Labute approximate surface area is 169 Å². The first-order chi connectivity index (χ1) is 13.1. The second-order valence-electron chi connectivity index (χ2n) is 5.62. The van der Waals surface area contributed by atoms with E-state index in [1.807, 2.05) is 54.6 Å². The van der Waals surface area contributed by atoms with Crippen LogP contribution in [-0.4, -0.2) is 11.1 Å². The normalized spacial score (nSPS) is 16.9. The molecule has 1 fully saturated rings. The van der Waals surface area contributed by atoms with Gasteiger partial charge in [-0.3, -0.25) is 4.79 Å². The molecule has 1 saturated heterocycles. The number of thioether (sulfide) groups is 1. The third-order valence-corrected chi connectivity index (χ3v) is 5.41. The van der Waals surface area contributed by atoms with E-state index in [0.29, 0.717) is 37.9 Å². The van der Waals surface area contributed by atoms with Gasteiger partial charge < -0.3 is 9.73 Å². The number of amidine groups is 1. The minimum atomic E-state index is -0.180. The van der Waals surface area contributed by atoms with Crippen molar-refractivity contribution in [3.63, 3.8) is 0 Å². The van der Waals surface area contributed by atoms with E-state index < -0.39 is 0 Å². The molecule has 0 radical (unpaired) electrons. The number of benzene rings is 2. The van der Waals surface area contributed by atoms with Crippen molar-refractivity contribution >= 4 is 57.8 Å². The molecule has 1 aliphatic heterocycles. The molecule has 2 heterocycles. The highest BCUT2D eigenvalue weighted by molar-refractivity contribution is 8.18. The van der Waals surface area contributed by atoms with Crippen molar-refractivity contribution in [2.24, 2.45) is 4.99 Å². The Balaban J connectivity index is 1.67. The van der Waals surface area contributed by atoms with Gasteiger partial charge in [-0.2, -0.15) is 0 Å². The van der Waals surface area contributed by atoms with Crippen LogP contribution in [0.4, 0.5) is 10.5 Å². The SMILES string of the molecule is O=C1NC(=Nc2ccccc2)/C(=C/c2ccc(-c3cccc(Cl)c3Cl)o2)S1. The fourth-order valence-corrected chi connectivity index (χ4v) is 3.65. The average Bonchev–Trinajstić information content (AvgIpc) is 3.25. The molecule has 1 N–H and O–H groups in total. The van der Waals surface area contributed by atoms with Gasteiger partial charge in [0.05, 0.1) is 20.6 Å². The number of hydrogen-bond acceptors (Lipinski definition) is 4. The number of halogens is 2. The summed E-state index contributed by atoms with van der Waals surface area (Å²) in [6.07, 6.45) is 1.77. The first-order valence-electron chi connectivity index (χ1n) is 7.99. The quantitative estimate of drug-likeness (QED) is 0.513. The van der Waals surface area contributed by atoms with Crippen molar-refractivity contribution in [1.82, 2.24) is 5.32 Å². The fourth-order valence-electron chi connectivity index (χ4n) is 2.54. The molecule has 27 heavy (non-hydrogen) atoms. The Bertz CT molecular complexity index is 1070. The zero-order valence-electron chi connectivity index (χ0n) is 13.8. The van der Waals surface area contributed by atoms with Gasteiger partial charge in [0.1, 0.15) is 17.4 Å². The van der Waals surface area contributed by atoms with Crippen LogP contribution in [0.25, 0.3) is 17.4 Å². The summed E-state index contributed by atoms with van der Waals surface area (Å²) in [4.78, 5) is 17.0. The number of nitrogens with one attached hydrogen (secondary N) is 1. The maximum Gasteiger partial charge on any atom is 0.289 e. The number of carbonyl (C=O) groups is 1. The average molecular weight is 415 g/mol. The summed E-state index contributed by atoms with van der Waals surface area (Å²) in [5, 5.41) is 3.47. The molecule has 0 spiro atoms. The van der Waals surface area contributed by atoms with Crippen LogP contribution in [0.5, 0.6) is 0 Å². The molecule has 0 bridgehead atoms. The molecule has 1 amide bonds. The molecule has 0 saturated carbocycles. The summed E-state index contributed by atoms with van der Waals surface area (Å²) in [6.45, 7) is 0. The smallest absolute Gasteiger partial charge is 0.289 e. The number of aliphatic imine (C=N–C) groups is 1. The minimum Gasteiger partial charge on any atom is -0.457 e. The zero-order chi connectivity index (χ0) is 18.8. The van der Waals surface area contributed by atoms with Gasteiger partial charge in [0.2, 0.25) is 0 Å². The number of carbonyl (C=O) groups excluding carboxylic acids is 1. The molecule has 0 aliphatic carbocycles. The van der Waals surface area contributed by atoms with Gasteiger partial charge in [0.15, 0.2) is 0 Å². The van der Waals surface area contributed by atoms with Crippen molar-refractivity contribution < 1.29 is 9.21 Å². The van der Waals surface area contributed by atoms with Crippen molar-refractivity contribution in [2.75, 3.05) is 0 Å². The van der Waals surface area contributed by atoms with Gasteiger partial charge in [-0.15, -0.1) is 0 Å². The Morgan fingerprint density at radius 3 is 2.63 bits per heavy atom. The molecule has 2 aromatic carbocycles. The van der Waals surface area contributed by atoms with Crippen LogP contribution in [0, 0.1) is 0 Å². The predicted molar refractivity (Wildman–Crippen MR) is 112 cm³/mol. The maximum absolute atomic E-state index is 11.8. The molecule has 4 rings (SSSR count). The fraction of sp³-hybridized carbons (Fsp3) is 0. The lowest BCUT2D eigenvalue weighted by molar-refractivity contribution is 0.265. The van der Waals surface area contributed by atoms with Crippen molar-refractivity contribution in [1.29, 1.82) is 0 Å². The zero-order valence-corrected chi connectivity index (χ0v) is 16.1. The molecule has 3 aromatic rings. The number of rotatable bonds is 3. The molecule has 134 valence electrons. The lowest BCUT2D eigenvalue weighted by Crippen LogP contribution is -2.18.